The van der Waals surface area contributed by atoms with Crippen LogP contribution in [0.3, 0.4) is 0 Å². The van der Waals surface area contributed by atoms with Gasteiger partial charge >= 0.3 is 0 Å². The van der Waals surface area contributed by atoms with Crippen molar-refractivity contribution in [1.82, 2.24) is 4.98 Å². The Morgan fingerprint density at radius 3 is 3.07 bits per heavy atom. The maximum Gasteiger partial charge on any atom is 0.150 e. The van der Waals surface area contributed by atoms with E-state index in [2.05, 4.69) is 4.98 Å². The van der Waals surface area contributed by atoms with Crippen LogP contribution in [0.2, 0.25) is 0 Å². The summed E-state index contributed by atoms with van der Waals surface area (Å²) in [6.45, 7) is 0.250. The molecular formula is C10H12N2OS2. The van der Waals surface area contributed by atoms with Crippen molar-refractivity contribution in [2.75, 3.05) is 12.8 Å². The minimum Gasteiger partial charge on any atom is -0.387 e. The second-order valence-corrected chi connectivity index (χ2v) is 5.25. The molecule has 0 saturated heterocycles. The van der Waals surface area contributed by atoms with Crippen LogP contribution in [-0.2, 0) is 0 Å². The van der Waals surface area contributed by atoms with Crippen molar-refractivity contribution in [3.63, 3.8) is 0 Å². The molecule has 0 spiro atoms. The maximum absolute atomic E-state index is 9.61. The Balaban J connectivity index is 2.45. The van der Waals surface area contributed by atoms with Crippen LogP contribution in [0.15, 0.2) is 22.5 Å². The third-order valence-electron chi connectivity index (χ3n) is 2.18. The lowest BCUT2D eigenvalue weighted by molar-refractivity contribution is 0.187. The molecule has 2 aromatic rings. The first-order chi connectivity index (χ1) is 7.24. The third-order valence-corrected chi connectivity index (χ3v) is 4.18. The second-order valence-electron chi connectivity index (χ2n) is 3.16. The van der Waals surface area contributed by atoms with Crippen molar-refractivity contribution in [3.05, 3.63) is 23.8 Å². The lowest BCUT2D eigenvalue weighted by atomic mass is 10.1. The zero-order chi connectivity index (χ0) is 10.8. The van der Waals surface area contributed by atoms with Gasteiger partial charge in [0, 0.05) is 6.54 Å². The summed E-state index contributed by atoms with van der Waals surface area (Å²) in [5.74, 6) is 0. The highest BCUT2D eigenvalue weighted by atomic mass is 32.2. The molecule has 0 amide bonds. The third kappa shape index (κ3) is 2.15. The molecule has 0 aliphatic rings. The number of fused-ring (bicyclic) bond motifs is 1. The van der Waals surface area contributed by atoms with Gasteiger partial charge in [0.25, 0.3) is 0 Å². The standard InChI is InChI=1S/C10H12N2OS2/c1-14-10-12-7-3-2-6(8(13)5-11)4-9(7)15-10/h2-4,8,13H,5,11H2,1H3. The zero-order valence-corrected chi connectivity index (χ0v) is 9.94. The van der Waals surface area contributed by atoms with Gasteiger partial charge in [-0.25, -0.2) is 4.98 Å². The number of aromatic nitrogens is 1. The molecular weight excluding hydrogens is 228 g/mol. The number of hydrogen-bond acceptors (Lipinski definition) is 5. The van der Waals surface area contributed by atoms with Gasteiger partial charge in [-0.05, 0) is 24.0 Å². The Morgan fingerprint density at radius 1 is 1.60 bits per heavy atom. The summed E-state index contributed by atoms with van der Waals surface area (Å²) in [6, 6.07) is 5.77. The fourth-order valence-corrected chi connectivity index (χ4v) is 2.89. The van der Waals surface area contributed by atoms with Crippen LogP contribution < -0.4 is 5.73 Å². The summed E-state index contributed by atoms with van der Waals surface area (Å²) in [7, 11) is 0. The molecule has 0 bridgehead atoms. The molecule has 0 radical (unpaired) electrons. The van der Waals surface area contributed by atoms with Crippen molar-refractivity contribution < 1.29 is 5.11 Å². The highest BCUT2D eigenvalue weighted by molar-refractivity contribution is 8.00. The van der Waals surface area contributed by atoms with Gasteiger partial charge in [-0.1, -0.05) is 17.8 Å². The first-order valence-corrected chi connectivity index (χ1v) is 6.61. The summed E-state index contributed by atoms with van der Waals surface area (Å²) < 4.78 is 2.15. The minimum absolute atomic E-state index is 0.250. The van der Waals surface area contributed by atoms with E-state index in [0.717, 1.165) is 20.1 Å². The largest absolute Gasteiger partial charge is 0.387 e. The molecule has 2 rings (SSSR count). The van der Waals surface area contributed by atoms with E-state index in [1.807, 2.05) is 24.5 Å². The molecule has 0 aliphatic carbocycles. The minimum atomic E-state index is -0.575. The SMILES string of the molecule is CSc1nc2ccc(C(O)CN)cc2s1. The molecule has 3 nitrogen and oxygen atoms in total. The van der Waals surface area contributed by atoms with Crippen LogP contribution in [0.5, 0.6) is 0 Å². The Hall–Kier alpha value is -0.620. The van der Waals surface area contributed by atoms with Crippen LogP contribution in [0, 0.1) is 0 Å². The Morgan fingerprint density at radius 2 is 2.40 bits per heavy atom. The van der Waals surface area contributed by atoms with Gasteiger partial charge in [0.05, 0.1) is 16.3 Å². The Labute approximate surface area is 96.3 Å². The first kappa shape index (κ1) is 10.9. The number of aliphatic hydroxyl groups is 1. The molecule has 0 fully saturated rings. The fraction of sp³-hybridized carbons (Fsp3) is 0.300. The van der Waals surface area contributed by atoms with E-state index in [1.54, 1.807) is 23.1 Å². The Kier molecular flexibility index (Phi) is 3.25. The molecule has 15 heavy (non-hydrogen) atoms. The van der Waals surface area contributed by atoms with Gasteiger partial charge in [-0.2, -0.15) is 0 Å². The van der Waals surface area contributed by atoms with Crippen LogP contribution in [-0.4, -0.2) is 22.9 Å². The monoisotopic (exact) mass is 240 g/mol. The Bertz CT molecular complexity index is 469. The number of nitrogens with two attached hydrogens (primary N) is 1. The predicted molar refractivity (Wildman–Crippen MR) is 65.4 cm³/mol. The van der Waals surface area contributed by atoms with Crippen molar-refractivity contribution >= 4 is 33.3 Å². The molecule has 1 aromatic heterocycles. The molecule has 1 atom stereocenters. The number of thioether (sulfide) groups is 1. The summed E-state index contributed by atoms with van der Waals surface area (Å²) >= 11 is 3.27. The summed E-state index contributed by atoms with van der Waals surface area (Å²) in [4.78, 5) is 4.43. The number of nitrogens with zero attached hydrogens (tertiary/aromatic N) is 1. The van der Waals surface area contributed by atoms with Gasteiger partial charge in [-0.15, -0.1) is 11.3 Å². The van der Waals surface area contributed by atoms with E-state index >= 15 is 0 Å². The lowest BCUT2D eigenvalue weighted by Crippen LogP contribution is -2.11. The predicted octanol–water partition coefficient (Wildman–Crippen LogP) is 2.01. The summed E-state index contributed by atoms with van der Waals surface area (Å²) in [5, 5.41) is 9.61. The van der Waals surface area contributed by atoms with Crippen LogP contribution >= 0.6 is 23.1 Å². The molecule has 0 aliphatic heterocycles. The molecule has 1 unspecified atom stereocenters. The van der Waals surface area contributed by atoms with E-state index in [4.69, 9.17) is 5.73 Å². The van der Waals surface area contributed by atoms with Crippen molar-refractivity contribution in [2.24, 2.45) is 5.73 Å². The number of thiazole rings is 1. The molecule has 0 saturated carbocycles. The number of hydrogen-bond donors (Lipinski definition) is 2. The molecule has 80 valence electrons. The number of rotatable bonds is 3. The van der Waals surface area contributed by atoms with Gasteiger partial charge in [-0.3, -0.25) is 0 Å². The fourth-order valence-electron chi connectivity index (χ4n) is 1.35. The zero-order valence-electron chi connectivity index (χ0n) is 8.30. The van der Waals surface area contributed by atoms with Gasteiger partial charge in [0.1, 0.15) is 0 Å². The van der Waals surface area contributed by atoms with Crippen molar-refractivity contribution in [3.8, 4) is 0 Å². The van der Waals surface area contributed by atoms with Gasteiger partial charge in [0.2, 0.25) is 0 Å². The van der Waals surface area contributed by atoms with Crippen molar-refractivity contribution in [1.29, 1.82) is 0 Å². The second kappa shape index (κ2) is 4.49. The van der Waals surface area contributed by atoms with Gasteiger partial charge in [0.15, 0.2) is 4.34 Å². The summed E-state index contributed by atoms with van der Waals surface area (Å²) in [6.07, 6.45) is 1.43. The quantitative estimate of drug-likeness (QED) is 0.806. The van der Waals surface area contributed by atoms with Crippen molar-refractivity contribution in [2.45, 2.75) is 10.4 Å². The first-order valence-electron chi connectivity index (χ1n) is 4.57. The van der Waals surface area contributed by atoms with Crippen LogP contribution in [0.1, 0.15) is 11.7 Å². The van der Waals surface area contributed by atoms with E-state index in [-0.39, 0.29) is 6.54 Å². The van der Waals surface area contributed by atoms with Gasteiger partial charge < -0.3 is 10.8 Å². The highest BCUT2D eigenvalue weighted by Gasteiger charge is 2.08. The molecule has 3 N–H and O–H groups in total. The van der Waals surface area contributed by atoms with E-state index in [9.17, 15) is 5.11 Å². The smallest absolute Gasteiger partial charge is 0.150 e. The topological polar surface area (TPSA) is 59.1 Å². The van der Waals surface area contributed by atoms with Crippen LogP contribution in [0.4, 0.5) is 0 Å². The number of aliphatic hydroxyl groups excluding tert-OH is 1. The van der Waals surface area contributed by atoms with E-state index in [0.29, 0.717) is 0 Å². The molecule has 1 heterocycles. The maximum atomic E-state index is 9.61. The number of benzene rings is 1. The van der Waals surface area contributed by atoms with E-state index in [1.165, 1.54) is 0 Å². The highest BCUT2D eigenvalue weighted by Crippen LogP contribution is 2.29. The average Bonchev–Trinajstić information content (AvgIpc) is 2.69. The molecule has 1 aromatic carbocycles. The molecule has 5 heteroatoms. The van der Waals surface area contributed by atoms with E-state index < -0.39 is 6.10 Å². The summed E-state index contributed by atoms with van der Waals surface area (Å²) in [5.41, 5.74) is 7.26. The average molecular weight is 240 g/mol. The van der Waals surface area contributed by atoms with Crippen LogP contribution in [0.25, 0.3) is 10.2 Å². The lowest BCUT2D eigenvalue weighted by Gasteiger charge is -2.06. The normalized spacial score (nSPS) is 13.3.